The van der Waals surface area contributed by atoms with Crippen LogP contribution in [0.25, 0.3) is 0 Å². The monoisotopic (exact) mass is 512 g/mol. The van der Waals surface area contributed by atoms with Crippen molar-refractivity contribution in [1.82, 2.24) is 9.97 Å². The summed E-state index contributed by atoms with van der Waals surface area (Å²) in [6.07, 6.45) is 1.25. The number of nitrogens with zero attached hydrogens (tertiary/aromatic N) is 2. The zero-order valence-corrected chi connectivity index (χ0v) is 22.3. The van der Waals surface area contributed by atoms with Gasteiger partial charge in [0.25, 0.3) is 0 Å². The molecule has 0 atom stereocenters. The van der Waals surface area contributed by atoms with Gasteiger partial charge in [0, 0.05) is 24.8 Å². The molecule has 1 heterocycles. The van der Waals surface area contributed by atoms with Crippen molar-refractivity contribution in [3.8, 4) is 5.88 Å². The topological polar surface area (TPSA) is 166 Å². The second kappa shape index (κ2) is 22.1. The van der Waals surface area contributed by atoms with Gasteiger partial charge in [-0.15, -0.1) is 0 Å². The van der Waals surface area contributed by atoms with Crippen molar-refractivity contribution in [2.75, 3.05) is 20.3 Å². The molecule has 0 saturated heterocycles. The van der Waals surface area contributed by atoms with E-state index in [1.165, 1.54) is 6.42 Å². The van der Waals surface area contributed by atoms with Crippen LogP contribution >= 0.6 is 13.4 Å². The van der Waals surface area contributed by atoms with Gasteiger partial charge in [-0.25, -0.2) is 4.98 Å². The summed E-state index contributed by atoms with van der Waals surface area (Å²) in [7, 11) is 1.65. The number of rotatable bonds is 5. The molecule has 0 spiro atoms. The molecule has 0 saturated carbocycles. The number of methoxy groups -OCH3 is 1. The minimum atomic E-state index is -3.81. The lowest BCUT2D eigenvalue weighted by atomic mass is 10.2. The van der Waals surface area contributed by atoms with Crippen LogP contribution in [-0.2, 0) is 28.4 Å². The smallest absolute Gasteiger partial charge is 0.319 e. The molecule has 10 nitrogen and oxygen atoms in total. The molecule has 6 N–H and O–H groups in total. The van der Waals surface area contributed by atoms with Gasteiger partial charge in [0.1, 0.15) is 12.4 Å². The lowest BCUT2D eigenvalue weighted by molar-refractivity contribution is 0.143. The van der Waals surface area contributed by atoms with Crippen LogP contribution in [0.15, 0.2) is 6.07 Å². The summed E-state index contributed by atoms with van der Waals surface area (Å²) in [6.45, 7) is 7.79. The fraction of sp³-hybridized carbons (Fsp3) is 0.750. The molecule has 30 heavy (non-hydrogen) atoms. The first-order valence-corrected chi connectivity index (χ1v) is 14.4. The molecule has 0 aromatic carbocycles. The first kappa shape index (κ1) is 37.2. The fourth-order valence-electron chi connectivity index (χ4n) is 1.12. The molecule has 0 bridgehead atoms. The number of hydrogen-bond donors (Lipinski definition) is 6. The maximum atomic E-state index is 7.56. The van der Waals surface area contributed by atoms with Crippen molar-refractivity contribution in [2.24, 2.45) is 0 Å². The van der Waals surface area contributed by atoms with Gasteiger partial charge < -0.3 is 38.8 Å². The Labute approximate surface area is 190 Å². The first-order chi connectivity index (χ1) is 13.5. The van der Waals surface area contributed by atoms with Crippen LogP contribution in [0.4, 0.5) is 0 Å². The Hall–Kier alpha value is -0.100. The Morgan fingerprint density at radius 2 is 1.30 bits per heavy atom. The standard InChI is InChI=1S/C11H18N2O2.C3H8.C2H6.2H3O3PS/c1-8(2)11-12-9(3)7-10(13-11)15-6-5-14-4;1-3-2;1-2;2*1-4(2,3)5/h7-8H,5-6H2,1-4H3;3H2,1-2H3;1-2H3;2*(H3,1,2,3,5). The third kappa shape index (κ3) is 46.2. The summed E-state index contributed by atoms with van der Waals surface area (Å²) >= 11 is 7.21. The van der Waals surface area contributed by atoms with Gasteiger partial charge in [-0.05, 0) is 30.5 Å². The van der Waals surface area contributed by atoms with Gasteiger partial charge in [-0.3, -0.25) is 0 Å². The zero-order valence-electron chi connectivity index (χ0n) is 18.9. The predicted molar refractivity (Wildman–Crippen MR) is 127 cm³/mol. The first-order valence-electron chi connectivity index (χ1n) is 9.08. The van der Waals surface area contributed by atoms with E-state index >= 15 is 0 Å². The largest absolute Gasteiger partial charge is 0.475 e. The van der Waals surface area contributed by atoms with Crippen molar-refractivity contribution in [2.45, 2.75) is 60.8 Å². The van der Waals surface area contributed by atoms with Crippen LogP contribution in [0.5, 0.6) is 5.88 Å². The molecular formula is C16H38N2O8P2S2. The van der Waals surface area contributed by atoms with Crippen molar-refractivity contribution in [3.63, 3.8) is 0 Å². The van der Waals surface area contributed by atoms with Gasteiger partial charge >= 0.3 is 13.4 Å². The van der Waals surface area contributed by atoms with Gasteiger partial charge in [0.05, 0.1) is 6.61 Å². The van der Waals surface area contributed by atoms with E-state index in [4.69, 9.17) is 38.8 Å². The Kier molecular flexibility index (Phi) is 27.4. The Bertz CT molecular complexity index is 576. The molecular weight excluding hydrogens is 474 g/mol. The Morgan fingerprint density at radius 1 is 0.933 bits per heavy atom. The Balaban J connectivity index is -0.000000186. The number of aryl methyl sites for hydroxylation is 1. The molecule has 1 aromatic rings. The van der Waals surface area contributed by atoms with Gasteiger partial charge in [0.2, 0.25) is 5.88 Å². The van der Waals surface area contributed by atoms with Gasteiger partial charge in [0.15, 0.2) is 0 Å². The summed E-state index contributed by atoms with van der Waals surface area (Å²) in [5.74, 6) is 1.76. The third-order valence-corrected chi connectivity index (χ3v) is 1.90. The average molecular weight is 513 g/mol. The maximum absolute atomic E-state index is 7.56. The highest BCUT2D eigenvalue weighted by Crippen LogP contribution is 2.27. The van der Waals surface area contributed by atoms with Crippen molar-refractivity contribution >= 4 is 37.1 Å². The number of ether oxygens (including phenoxy) is 2. The van der Waals surface area contributed by atoms with Crippen LogP contribution in [0.1, 0.15) is 65.4 Å². The molecule has 0 aliphatic heterocycles. The molecule has 14 heteroatoms. The molecule has 182 valence electrons. The quantitative estimate of drug-likeness (QED) is 0.253. The van der Waals surface area contributed by atoms with Crippen LogP contribution < -0.4 is 4.74 Å². The highest BCUT2D eigenvalue weighted by molar-refractivity contribution is 8.06. The van der Waals surface area contributed by atoms with Crippen molar-refractivity contribution in [1.29, 1.82) is 0 Å². The van der Waals surface area contributed by atoms with Crippen molar-refractivity contribution in [3.05, 3.63) is 17.6 Å². The molecule has 0 fully saturated rings. The van der Waals surface area contributed by atoms with E-state index in [9.17, 15) is 0 Å². The predicted octanol–water partition coefficient (Wildman–Crippen LogP) is 2.75. The molecule has 0 amide bonds. The summed E-state index contributed by atoms with van der Waals surface area (Å²) in [4.78, 5) is 54.0. The van der Waals surface area contributed by atoms with E-state index < -0.39 is 13.4 Å². The van der Waals surface area contributed by atoms with Crippen molar-refractivity contribution < 1.29 is 38.8 Å². The van der Waals surface area contributed by atoms with E-state index in [0.717, 1.165) is 11.5 Å². The molecule has 0 unspecified atom stereocenters. The lowest BCUT2D eigenvalue weighted by Gasteiger charge is -2.09. The highest BCUT2D eigenvalue weighted by Gasteiger charge is 2.06. The molecule has 1 aromatic heterocycles. The average Bonchev–Trinajstić information content (AvgIpc) is 2.54. The second-order valence-electron chi connectivity index (χ2n) is 5.44. The van der Waals surface area contributed by atoms with Crippen LogP contribution in [0.3, 0.4) is 0 Å². The second-order valence-corrected chi connectivity index (χ2v) is 10.4. The Morgan fingerprint density at radius 3 is 1.60 bits per heavy atom. The normalized spacial score (nSPS) is 10.1. The molecule has 1 rings (SSSR count). The third-order valence-electron chi connectivity index (χ3n) is 1.90. The van der Waals surface area contributed by atoms with E-state index in [0.29, 0.717) is 25.0 Å². The number of aromatic nitrogens is 2. The van der Waals surface area contributed by atoms with Gasteiger partial charge in [-0.1, -0.05) is 48.0 Å². The maximum Gasteiger partial charge on any atom is 0.319 e. The molecule has 0 aliphatic carbocycles. The minimum absolute atomic E-state index is 0.315. The summed E-state index contributed by atoms with van der Waals surface area (Å²) in [5, 5.41) is 0. The summed E-state index contributed by atoms with van der Waals surface area (Å²) in [5.41, 5.74) is 0.932. The van der Waals surface area contributed by atoms with E-state index in [1.807, 2.05) is 26.8 Å². The SMILES string of the molecule is CC.CCC.COCCOc1cc(C)nc(C(C)C)n1.OP(O)(O)=S.OP(O)(O)=S. The fourth-order valence-corrected chi connectivity index (χ4v) is 1.12. The highest BCUT2D eigenvalue weighted by atomic mass is 32.5. The van der Waals surface area contributed by atoms with Crippen LogP contribution in [-0.4, -0.2) is 59.7 Å². The molecule has 0 aliphatic rings. The summed E-state index contributed by atoms with van der Waals surface area (Å²) in [6, 6.07) is 1.83. The van der Waals surface area contributed by atoms with Crippen LogP contribution in [0, 0.1) is 6.92 Å². The lowest BCUT2D eigenvalue weighted by Crippen LogP contribution is -2.08. The van der Waals surface area contributed by atoms with E-state index in [2.05, 4.69) is 61.3 Å². The minimum Gasteiger partial charge on any atom is -0.475 e. The number of hydrogen-bond acceptors (Lipinski definition) is 6. The zero-order chi connectivity index (χ0) is 25.0. The van der Waals surface area contributed by atoms with E-state index in [1.54, 1.807) is 7.11 Å². The van der Waals surface area contributed by atoms with Gasteiger partial charge in [-0.2, -0.15) is 4.98 Å². The molecule has 0 radical (unpaired) electrons. The van der Waals surface area contributed by atoms with Crippen LogP contribution in [0.2, 0.25) is 0 Å². The summed E-state index contributed by atoms with van der Waals surface area (Å²) < 4.78 is 10.3. The van der Waals surface area contributed by atoms with E-state index in [-0.39, 0.29) is 0 Å².